The molecule has 0 saturated carbocycles. The Hall–Kier alpha value is -0.843. The lowest BCUT2D eigenvalue weighted by atomic mass is 9.74. The number of aliphatic hydroxyl groups is 1. The molecule has 3 aliphatic heterocycles. The molecule has 3 fully saturated rings. The molecule has 0 aromatic rings. The van der Waals surface area contributed by atoms with E-state index in [0.29, 0.717) is 6.42 Å². The Bertz CT molecular complexity index is 1060. The number of ketones is 1. The van der Waals surface area contributed by atoms with Crippen molar-refractivity contribution in [3.8, 4) is 0 Å². The molecule has 0 aromatic heterocycles. The van der Waals surface area contributed by atoms with Crippen molar-refractivity contribution in [3.63, 3.8) is 0 Å². The maximum atomic E-state index is 14.3. The van der Waals surface area contributed by atoms with Gasteiger partial charge < -0.3 is 28.5 Å². The third-order valence-electron chi connectivity index (χ3n) is 13.8. The number of ether oxygens (including phenoxy) is 4. The fraction of sp³-hybridized carbons (Fsp3) is 0.950. The van der Waals surface area contributed by atoms with E-state index in [1.165, 1.54) is 7.11 Å². The van der Waals surface area contributed by atoms with Crippen LogP contribution in [-0.4, -0.2) is 80.1 Å². The molecule has 9 heteroatoms. The van der Waals surface area contributed by atoms with Gasteiger partial charge in [-0.3, -0.25) is 9.59 Å². The second-order valence-electron chi connectivity index (χ2n) is 16.4. The van der Waals surface area contributed by atoms with Gasteiger partial charge in [0.25, 0.3) is 0 Å². The van der Waals surface area contributed by atoms with Crippen LogP contribution in [0, 0.1) is 35.5 Å². The summed E-state index contributed by atoms with van der Waals surface area (Å²) in [7, 11) is -0.434. The molecule has 1 N–H and O–H groups in total. The SMILES string of the molecule is CC[C@@H](C(=O)[C@@H](C)[C@H](O)[C@@H](C)[C@H]1O[C@H](CC(=O)OC)[C@H](C)C[C@H]1C)[C@H]1O[C@](CC)([C@H]2CC[C@@](CC)(O[Si](CC)(CC)CC)[C@H](C)O2)C[C@@H]1C. The number of hydrogen-bond acceptors (Lipinski definition) is 8. The van der Waals surface area contributed by atoms with Crippen LogP contribution in [0.15, 0.2) is 0 Å². The van der Waals surface area contributed by atoms with E-state index in [9.17, 15) is 14.7 Å². The molecule has 0 spiro atoms. The number of carbonyl (C=O) groups is 2. The van der Waals surface area contributed by atoms with E-state index in [0.717, 1.165) is 56.7 Å². The van der Waals surface area contributed by atoms with Crippen LogP contribution in [0.3, 0.4) is 0 Å². The van der Waals surface area contributed by atoms with E-state index < -0.39 is 25.9 Å². The summed E-state index contributed by atoms with van der Waals surface area (Å²) < 4.78 is 32.7. The Labute approximate surface area is 300 Å². The number of Topliss-reactive ketones (excluding diaryl/α,β-unsaturated/α-hetero) is 1. The molecule has 0 radical (unpaired) electrons. The fourth-order valence-corrected chi connectivity index (χ4v) is 13.2. The van der Waals surface area contributed by atoms with Crippen LogP contribution < -0.4 is 0 Å². The van der Waals surface area contributed by atoms with Crippen LogP contribution in [0.1, 0.15) is 134 Å². The number of carbonyl (C=O) groups excluding carboxylic acids is 2. The second-order valence-corrected chi connectivity index (χ2v) is 21.1. The lowest BCUT2D eigenvalue weighted by Crippen LogP contribution is -2.60. The molecule has 0 unspecified atom stereocenters. The Kier molecular flexibility index (Phi) is 15.5. The van der Waals surface area contributed by atoms with Gasteiger partial charge >= 0.3 is 5.97 Å². The number of aliphatic hydroxyl groups excluding tert-OH is 1. The number of methoxy groups -OCH3 is 1. The molecule has 8 nitrogen and oxygen atoms in total. The highest BCUT2D eigenvalue weighted by molar-refractivity contribution is 6.73. The largest absolute Gasteiger partial charge is 0.469 e. The minimum absolute atomic E-state index is 0.0333. The zero-order valence-electron chi connectivity index (χ0n) is 33.5. The molecule has 14 atom stereocenters. The minimum Gasteiger partial charge on any atom is -0.469 e. The van der Waals surface area contributed by atoms with Gasteiger partial charge in [-0.15, -0.1) is 0 Å². The standard InChI is InChI=1S/C40H74O8Si/c1-14-31(36(43)28(10)35(42)29(11)37-26(8)22-25(7)32(46-37)23-34(41)44-13)38-27(9)24-40(16-3,47-38)33-20-21-39(15-2,30(12)45-33)48-49(17-4,18-5)19-6/h25-33,35,37-38,42H,14-24H2,1-13H3/t25-,26-,27+,28+,29-,30+,31+,32-,33-,35+,37+,38+,39-,40+/m1/s1. The van der Waals surface area contributed by atoms with Gasteiger partial charge in [-0.2, -0.15) is 0 Å². The van der Waals surface area contributed by atoms with Crippen LogP contribution in [-0.2, 0) is 33.0 Å². The highest BCUT2D eigenvalue weighted by atomic mass is 28.4. The highest BCUT2D eigenvalue weighted by Gasteiger charge is 2.57. The average Bonchev–Trinajstić information content (AvgIpc) is 3.45. The van der Waals surface area contributed by atoms with Crippen molar-refractivity contribution in [2.45, 2.75) is 200 Å². The van der Waals surface area contributed by atoms with Gasteiger partial charge in [-0.1, -0.05) is 76.2 Å². The van der Waals surface area contributed by atoms with Crippen LogP contribution in [0.4, 0.5) is 0 Å². The summed E-state index contributed by atoms with van der Waals surface area (Å²) in [5, 5.41) is 11.7. The van der Waals surface area contributed by atoms with E-state index in [1.807, 2.05) is 13.8 Å². The molecule has 0 bridgehead atoms. The first kappa shape index (κ1) is 42.6. The van der Waals surface area contributed by atoms with E-state index in [-0.39, 0.29) is 83.9 Å². The molecule has 3 rings (SSSR count). The topological polar surface area (TPSA) is 101 Å². The second kappa shape index (κ2) is 17.8. The molecule has 0 aliphatic carbocycles. The number of esters is 1. The van der Waals surface area contributed by atoms with Crippen LogP contribution in [0.25, 0.3) is 0 Å². The van der Waals surface area contributed by atoms with Gasteiger partial charge in [0.05, 0.1) is 61.4 Å². The van der Waals surface area contributed by atoms with E-state index in [2.05, 4.69) is 69.2 Å². The first-order valence-electron chi connectivity index (χ1n) is 20.0. The summed E-state index contributed by atoms with van der Waals surface area (Å²) >= 11 is 0. The Balaban J connectivity index is 1.74. The first-order chi connectivity index (χ1) is 23.1. The zero-order valence-corrected chi connectivity index (χ0v) is 34.5. The predicted molar refractivity (Wildman–Crippen MR) is 198 cm³/mol. The molecule has 3 saturated heterocycles. The highest BCUT2D eigenvalue weighted by Crippen LogP contribution is 2.50. The minimum atomic E-state index is -1.83. The van der Waals surface area contributed by atoms with Crippen molar-refractivity contribution in [1.82, 2.24) is 0 Å². The van der Waals surface area contributed by atoms with E-state index in [1.54, 1.807) is 0 Å². The summed E-state index contributed by atoms with van der Waals surface area (Å²) in [6.45, 7) is 25.9. The Morgan fingerprint density at radius 1 is 0.898 bits per heavy atom. The van der Waals surface area contributed by atoms with Crippen LogP contribution in [0.2, 0.25) is 18.1 Å². The first-order valence-corrected chi connectivity index (χ1v) is 22.6. The molecular weight excluding hydrogens is 637 g/mol. The molecule has 3 aliphatic rings. The monoisotopic (exact) mass is 711 g/mol. The van der Waals surface area contributed by atoms with Gasteiger partial charge in [-0.05, 0) is 87.8 Å². The van der Waals surface area contributed by atoms with Crippen molar-refractivity contribution in [1.29, 1.82) is 0 Å². The van der Waals surface area contributed by atoms with Crippen molar-refractivity contribution >= 4 is 20.1 Å². The lowest BCUT2D eigenvalue weighted by molar-refractivity contribution is -0.225. The Morgan fingerprint density at radius 3 is 2.04 bits per heavy atom. The molecule has 286 valence electrons. The molecule has 0 amide bonds. The molecule has 0 aromatic carbocycles. The Morgan fingerprint density at radius 2 is 1.53 bits per heavy atom. The maximum absolute atomic E-state index is 14.3. The van der Waals surface area contributed by atoms with Crippen LogP contribution in [0.5, 0.6) is 0 Å². The summed E-state index contributed by atoms with van der Waals surface area (Å²) in [5.74, 6) is -0.808. The van der Waals surface area contributed by atoms with E-state index in [4.69, 9.17) is 23.4 Å². The van der Waals surface area contributed by atoms with Gasteiger partial charge in [0, 0.05) is 17.8 Å². The third-order valence-corrected chi connectivity index (χ3v) is 18.5. The zero-order chi connectivity index (χ0) is 36.9. The smallest absolute Gasteiger partial charge is 0.308 e. The normalized spacial score (nSPS) is 38.1. The molecular formula is C40H74O8Si. The number of hydrogen-bond donors (Lipinski definition) is 1. The van der Waals surface area contributed by atoms with Crippen LogP contribution >= 0.6 is 0 Å². The predicted octanol–water partition coefficient (Wildman–Crippen LogP) is 8.52. The average molecular weight is 711 g/mol. The summed E-state index contributed by atoms with van der Waals surface area (Å²) in [5.41, 5.74) is -0.711. The molecule has 49 heavy (non-hydrogen) atoms. The van der Waals surface area contributed by atoms with Gasteiger partial charge in [0.15, 0.2) is 8.32 Å². The van der Waals surface area contributed by atoms with E-state index >= 15 is 0 Å². The fourth-order valence-electron chi connectivity index (χ4n) is 9.94. The summed E-state index contributed by atoms with van der Waals surface area (Å²) in [4.78, 5) is 26.4. The third kappa shape index (κ3) is 8.86. The van der Waals surface area contributed by atoms with Crippen molar-refractivity contribution in [2.24, 2.45) is 35.5 Å². The van der Waals surface area contributed by atoms with Gasteiger partial charge in [0.1, 0.15) is 5.78 Å². The maximum Gasteiger partial charge on any atom is 0.308 e. The lowest BCUT2D eigenvalue weighted by Gasteiger charge is -2.52. The summed E-state index contributed by atoms with van der Waals surface area (Å²) in [6.07, 6.45) is 4.51. The van der Waals surface area contributed by atoms with Crippen molar-refractivity contribution in [3.05, 3.63) is 0 Å². The quantitative estimate of drug-likeness (QED) is 0.119. The van der Waals surface area contributed by atoms with Gasteiger partial charge in [0.2, 0.25) is 0 Å². The summed E-state index contributed by atoms with van der Waals surface area (Å²) in [6, 6.07) is 3.37. The van der Waals surface area contributed by atoms with Gasteiger partial charge in [-0.25, -0.2) is 0 Å². The number of rotatable bonds is 17. The van der Waals surface area contributed by atoms with Crippen molar-refractivity contribution in [2.75, 3.05) is 7.11 Å². The molecule has 3 heterocycles. The van der Waals surface area contributed by atoms with Crippen molar-refractivity contribution < 1.29 is 38.1 Å².